The molecule has 0 N–H and O–H groups in total. The van der Waals surface area contributed by atoms with Gasteiger partial charge in [0.2, 0.25) is 0 Å². The third-order valence-electron chi connectivity index (χ3n) is 10.6. The monoisotopic (exact) mass is 488 g/mol. The van der Waals surface area contributed by atoms with Crippen molar-refractivity contribution < 1.29 is 28.6 Å². The van der Waals surface area contributed by atoms with Crippen molar-refractivity contribution >= 4 is 17.9 Å². The Hall–Kier alpha value is -1.85. The van der Waals surface area contributed by atoms with Gasteiger partial charge >= 0.3 is 17.9 Å². The molecule has 0 unspecified atom stereocenters. The first kappa shape index (κ1) is 26.2. The number of rotatable bonds is 6. The van der Waals surface area contributed by atoms with Crippen LogP contribution < -0.4 is 0 Å². The van der Waals surface area contributed by atoms with Gasteiger partial charge in [-0.25, -0.2) is 0 Å². The average molecular weight is 489 g/mol. The Labute approximate surface area is 210 Å². The van der Waals surface area contributed by atoms with Crippen LogP contribution in [0.2, 0.25) is 0 Å². The van der Waals surface area contributed by atoms with Gasteiger partial charge in [-0.05, 0) is 73.5 Å². The molecular weight excluding hydrogens is 444 g/mol. The lowest BCUT2D eigenvalue weighted by Crippen LogP contribution is -2.57. The van der Waals surface area contributed by atoms with E-state index in [-0.39, 0.29) is 40.9 Å². The summed E-state index contributed by atoms with van der Waals surface area (Å²) in [6.07, 6.45) is 10.4. The fourth-order valence-corrected chi connectivity index (χ4v) is 8.98. The first-order valence-electron chi connectivity index (χ1n) is 13.6. The molecule has 0 aromatic rings. The Morgan fingerprint density at radius 2 is 1.77 bits per heavy atom. The van der Waals surface area contributed by atoms with E-state index >= 15 is 0 Å². The zero-order valence-electron chi connectivity index (χ0n) is 22.4. The Balaban J connectivity index is 1.58. The van der Waals surface area contributed by atoms with Gasteiger partial charge in [0.15, 0.2) is 0 Å². The number of hydrogen-bond donors (Lipinski definition) is 0. The second kappa shape index (κ2) is 9.89. The van der Waals surface area contributed by atoms with Crippen LogP contribution in [-0.4, -0.2) is 37.2 Å². The molecule has 6 heteroatoms. The summed E-state index contributed by atoms with van der Waals surface area (Å²) in [5, 5.41) is 0. The molecule has 0 aromatic heterocycles. The molecule has 4 aliphatic carbocycles. The van der Waals surface area contributed by atoms with E-state index in [1.807, 2.05) is 0 Å². The van der Waals surface area contributed by atoms with Crippen molar-refractivity contribution in [3.05, 3.63) is 11.6 Å². The van der Waals surface area contributed by atoms with E-state index in [1.165, 1.54) is 45.8 Å². The summed E-state index contributed by atoms with van der Waals surface area (Å²) < 4.78 is 16.5. The zero-order chi connectivity index (χ0) is 25.5. The maximum atomic E-state index is 12.1. The van der Waals surface area contributed by atoms with Crippen LogP contribution in [0.15, 0.2) is 11.6 Å². The number of carbonyl (C=O) groups excluding carboxylic acids is 3. The molecule has 3 fully saturated rings. The summed E-state index contributed by atoms with van der Waals surface area (Å²) in [5.41, 5.74) is 1.39. The molecule has 4 aliphatic rings. The molecule has 9 atom stereocenters. The van der Waals surface area contributed by atoms with Gasteiger partial charge in [0.25, 0.3) is 0 Å². The van der Waals surface area contributed by atoms with Crippen LogP contribution in [0.3, 0.4) is 0 Å². The van der Waals surface area contributed by atoms with Gasteiger partial charge in [0, 0.05) is 38.5 Å². The third-order valence-corrected chi connectivity index (χ3v) is 10.6. The normalized spacial score (nSPS) is 40.9. The standard InChI is InChI=1S/C29H44O6/c1-17(7-12-27(32)33-6)23-10-11-24-22-9-8-20-15-21(34-18(2)30)16-26(35-19(3)31)29(20,5)25(22)13-14-28(23,24)4/h8,17,21-26H,7,9-16H2,1-6H3/t17-,21-,22+,23-,24+,25+,26+,28-,29+/m1/s1. The molecule has 0 aliphatic heterocycles. The molecule has 196 valence electrons. The van der Waals surface area contributed by atoms with Crippen LogP contribution in [0.25, 0.3) is 0 Å². The SMILES string of the molecule is COC(=O)CC[C@@H](C)[C@H]1CC[C@H]2[C@@H]3CC=C4C[C@@H](OC(C)=O)C[C@H](OC(C)=O)[C@]4(C)[C@H]3CC[C@]12C. The van der Waals surface area contributed by atoms with E-state index in [2.05, 4.69) is 26.8 Å². The van der Waals surface area contributed by atoms with E-state index in [4.69, 9.17) is 14.2 Å². The predicted molar refractivity (Wildman–Crippen MR) is 132 cm³/mol. The lowest BCUT2D eigenvalue weighted by molar-refractivity contribution is -0.172. The average Bonchev–Trinajstić information content (AvgIpc) is 3.14. The number of ether oxygens (including phenoxy) is 3. The Kier molecular flexibility index (Phi) is 7.41. The highest BCUT2D eigenvalue weighted by molar-refractivity contribution is 5.69. The molecule has 0 spiro atoms. The van der Waals surface area contributed by atoms with Crippen LogP contribution in [-0.2, 0) is 28.6 Å². The fourth-order valence-electron chi connectivity index (χ4n) is 8.98. The molecule has 35 heavy (non-hydrogen) atoms. The summed E-state index contributed by atoms with van der Waals surface area (Å²) in [6.45, 7) is 10.1. The molecule has 0 heterocycles. The minimum absolute atomic E-state index is 0.112. The number of allylic oxidation sites excluding steroid dienone is 1. The van der Waals surface area contributed by atoms with Crippen LogP contribution in [0, 0.1) is 40.4 Å². The van der Waals surface area contributed by atoms with E-state index in [0.29, 0.717) is 42.4 Å². The van der Waals surface area contributed by atoms with Gasteiger partial charge in [-0.3, -0.25) is 14.4 Å². The predicted octanol–water partition coefficient (Wildman–Crippen LogP) is 5.63. The highest BCUT2D eigenvalue weighted by Crippen LogP contribution is 2.67. The van der Waals surface area contributed by atoms with Gasteiger partial charge in [-0.15, -0.1) is 0 Å². The van der Waals surface area contributed by atoms with E-state index in [1.54, 1.807) is 0 Å². The molecule has 0 amide bonds. The van der Waals surface area contributed by atoms with Crippen molar-refractivity contribution in [3.63, 3.8) is 0 Å². The molecule has 6 nitrogen and oxygen atoms in total. The summed E-state index contributed by atoms with van der Waals surface area (Å²) in [4.78, 5) is 35.5. The molecule has 4 rings (SSSR count). The van der Waals surface area contributed by atoms with Crippen molar-refractivity contribution in [1.82, 2.24) is 0 Å². The first-order chi connectivity index (χ1) is 16.5. The molecule has 0 bridgehead atoms. The fraction of sp³-hybridized carbons (Fsp3) is 0.828. The van der Waals surface area contributed by atoms with E-state index < -0.39 is 0 Å². The summed E-state index contributed by atoms with van der Waals surface area (Å²) in [7, 11) is 1.47. The second-order valence-corrected chi connectivity index (χ2v) is 12.2. The van der Waals surface area contributed by atoms with E-state index in [9.17, 15) is 14.4 Å². The van der Waals surface area contributed by atoms with Crippen molar-refractivity contribution in [2.24, 2.45) is 40.4 Å². The Morgan fingerprint density at radius 3 is 2.43 bits per heavy atom. The molecule has 0 radical (unpaired) electrons. The Morgan fingerprint density at radius 1 is 1.06 bits per heavy atom. The first-order valence-corrected chi connectivity index (χ1v) is 13.6. The van der Waals surface area contributed by atoms with Gasteiger partial charge in [-0.2, -0.15) is 0 Å². The van der Waals surface area contributed by atoms with Crippen LogP contribution in [0.5, 0.6) is 0 Å². The summed E-state index contributed by atoms with van der Waals surface area (Å²) in [6, 6.07) is 0. The maximum Gasteiger partial charge on any atom is 0.305 e. The van der Waals surface area contributed by atoms with Gasteiger partial charge in [0.05, 0.1) is 7.11 Å². The van der Waals surface area contributed by atoms with Gasteiger partial charge < -0.3 is 14.2 Å². The quantitative estimate of drug-likeness (QED) is 0.274. The number of fused-ring (bicyclic) bond motifs is 5. The minimum Gasteiger partial charge on any atom is -0.469 e. The van der Waals surface area contributed by atoms with Crippen LogP contribution in [0.4, 0.5) is 0 Å². The maximum absolute atomic E-state index is 12.1. The second-order valence-electron chi connectivity index (χ2n) is 12.2. The van der Waals surface area contributed by atoms with Crippen molar-refractivity contribution in [1.29, 1.82) is 0 Å². The van der Waals surface area contributed by atoms with E-state index in [0.717, 1.165) is 25.7 Å². The summed E-state index contributed by atoms with van der Waals surface area (Å²) >= 11 is 0. The topological polar surface area (TPSA) is 78.9 Å². The lowest BCUT2D eigenvalue weighted by atomic mass is 9.46. The molecular formula is C29H44O6. The zero-order valence-corrected chi connectivity index (χ0v) is 22.4. The lowest BCUT2D eigenvalue weighted by Gasteiger charge is -2.60. The van der Waals surface area contributed by atoms with Crippen LogP contribution in [0.1, 0.15) is 92.4 Å². The number of esters is 3. The molecule has 0 saturated heterocycles. The molecule has 3 saturated carbocycles. The number of methoxy groups -OCH3 is 1. The minimum atomic E-state index is -0.277. The Bertz CT molecular complexity index is 878. The van der Waals surface area contributed by atoms with Crippen LogP contribution >= 0.6 is 0 Å². The third kappa shape index (κ3) is 4.67. The molecule has 0 aromatic carbocycles. The van der Waals surface area contributed by atoms with Crippen molar-refractivity contribution in [2.75, 3.05) is 7.11 Å². The van der Waals surface area contributed by atoms with Crippen molar-refractivity contribution in [2.45, 2.75) is 105 Å². The highest BCUT2D eigenvalue weighted by Gasteiger charge is 2.62. The largest absolute Gasteiger partial charge is 0.469 e. The van der Waals surface area contributed by atoms with Gasteiger partial charge in [-0.1, -0.05) is 32.4 Å². The smallest absolute Gasteiger partial charge is 0.305 e. The number of carbonyl (C=O) groups is 3. The number of hydrogen-bond acceptors (Lipinski definition) is 6. The highest BCUT2D eigenvalue weighted by atomic mass is 16.6. The van der Waals surface area contributed by atoms with Gasteiger partial charge in [0.1, 0.15) is 12.2 Å². The summed E-state index contributed by atoms with van der Waals surface area (Å²) in [5.74, 6) is 2.16. The van der Waals surface area contributed by atoms with Crippen molar-refractivity contribution in [3.8, 4) is 0 Å².